The molecule has 2 unspecified atom stereocenters. The lowest BCUT2D eigenvalue weighted by molar-refractivity contribution is -0.0574. The summed E-state index contributed by atoms with van der Waals surface area (Å²) in [5, 5.41) is 36.0. The minimum absolute atomic E-state index is 0.0149. The van der Waals surface area contributed by atoms with Crippen LogP contribution in [-0.4, -0.2) is 65.2 Å². The van der Waals surface area contributed by atoms with E-state index in [9.17, 15) is 15.0 Å². The van der Waals surface area contributed by atoms with E-state index in [-0.39, 0.29) is 17.1 Å². The van der Waals surface area contributed by atoms with Gasteiger partial charge in [-0.25, -0.2) is 0 Å². The summed E-state index contributed by atoms with van der Waals surface area (Å²) in [6.45, 7) is -0.475. The predicted molar refractivity (Wildman–Crippen MR) is 63.4 cm³/mol. The van der Waals surface area contributed by atoms with Crippen molar-refractivity contribution in [1.29, 1.82) is 0 Å². The van der Waals surface area contributed by atoms with Crippen LogP contribution in [0.5, 0.6) is 0 Å². The van der Waals surface area contributed by atoms with Crippen LogP contribution in [0.3, 0.4) is 0 Å². The lowest BCUT2D eigenvalue weighted by atomic mass is 10.1. The highest BCUT2D eigenvalue weighted by molar-refractivity contribution is 5.69. The fraction of sp³-hybridized carbons (Fsp3) is 0.556. The van der Waals surface area contributed by atoms with Gasteiger partial charge in [0.2, 0.25) is 5.95 Å². The average Bonchev–Trinajstić information content (AvgIpc) is 2.93. The van der Waals surface area contributed by atoms with E-state index in [4.69, 9.17) is 15.6 Å². The number of aromatic nitrogens is 5. The molecule has 0 aliphatic carbocycles. The molecule has 0 aromatic carbocycles. The Hall–Kier alpha value is -2.08. The van der Waals surface area contributed by atoms with Gasteiger partial charge in [-0.1, -0.05) is 5.21 Å². The minimum Gasteiger partial charge on any atom is -0.394 e. The van der Waals surface area contributed by atoms with Gasteiger partial charge in [-0.05, 0) is 0 Å². The molecule has 6 N–H and O–H groups in total. The maximum Gasteiger partial charge on any atom is 0.282 e. The Kier molecular flexibility index (Phi) is 2.90. The molecule has 0 saturated carbocycles. The highest BCUT2D eigenvalue weighted by Gasteiger charge is 2.44. The number of nitrogens with one attached hydrogen (secondary N) is 1. The summed E-state index contributed by atoms with van der Waals surface area (Å²) < 4.78 is 6.33. The summed E-state index contributed by atoms with van der Waals surface area (Å²) in [7, 11) is 0. The van der Waals surface area contributed by atoms with Crippen LogP contribution in [-0.2, 0) is 4.74 Å². The Morgan fingerprint density at radius 2 is 2.15 bits per heavy atom. The Labute approximate surface area is 110 Å². The predicted octanol–water partition coefficient (Wildman–Crippen LogP) is -3.29. The van der Waals surface area contributed by atoms with Crippen LogP contribution in [0.1, 0.15) is 6.23 Å². The fourth-order valence-electron chi connectivity index (χ4n) is 2.11. The number of nitrogens with zero attached hydrogens (tertiary/aromatic N) is 4. The highest BCUT2D eigenvalue weighted by atomic mass is 16.6. The van der Waals surface area contributed by atoms with Crippen molar-refractivity contribution in [1.82, 2.24) is 25.0 Å². The van der Waals surface area contributed by atoms with Gasteiger partial charge in [0.25, 0.3) is 5.56 Å². The zero-order valence-electron chi connectivity index (χ0n) is 10.0. The first-order chi connectivity index (χ1) is 9.52. The number of aliphatic hydroxyl groups is 3. The first kappa shape index (κ1) is 12.9. The number of rotatable bonds is 2. The van der Waals surface area contributed by atoms with Gasteiger partial charge in [0, 0.05) is 0 Å². The number of aromatic amines is 1. The van der Waals surface area contributed by atoms with Crippen LogP contribution in [0.2, 0.25) is 0 Å². The molecule has 4 atom stereocenters. The quantitative estimate of drug-likeness (QED) is 0.378. The first-order valence-corrected chi connectivity index (χ1v) is 5.76. The van der Waals surface area contributed by atoms with Crippen LogP contribution in [0, 0.1) is 0 Å². The number of nitrogens with two attached hydrogens (primary N) is 1. The van der Waals surface area contributed by atoms with Crippen molar-refractivity contribution < 1.29 is 20.1 Å². The maximum absolute atomic E-state index is 11.6. The number of fused-ring (bicyclic) bond motifs is 1. The van der Waals surface area contributed by atoms with Gasteiger partial charge in [-0.15, -0.1) is 5.10 Å². The van der Waals surface area contributed by atoms with Crippen molar-refractivity contribution in [2.45, 2.75) is 24.5 Å². The van der Waals surface area contributed by atoms with Gasteiger partial charge >= 0.3 is 0 Å². The maximum atomic E-state index is 11.6. The molecule has 3 heterocycles. The van der Waals surface area contributed by atoms with Crippen molar-refractivity contribution in [2.75, 3.05) is 12.3 Å². The minimum atomic E-state index is -1.35. The molecule has 1 saturated heterocycles. The largest absolute Gasteiger partial charge is 0.394 e. The average molecular weight is 284 g/mol. The van der Waals surface area contributed by atoms with E-state index < -0.39 is 36.7 Å². The highest BCUT2D eigenvalue weighted by Crippen LogP contribution is 2.29. The van der Waals surface area contributed by atoms with Crippen LogP contribution >= 0.6 is 0 Å². The summed E-state index contributed by atoms with van der Waals surface area (Å²) in [5.41, 5.74) is 4.80. The smallest absolute Gasteiger partial charge is 0.282 e. The second kappa shape index (κ2) is 4.49. The van der Waals surface area contributed by atoms with Crippen molar-refractivity contribution in [3.8, 4) is 0 Å². The molecule has 108 valence electrons. The summed E-state index contributed by atoms with van der Waals surface area (Å²) in [5.74, 6) is -0.141. The first-order valence-electron chi connectivity index (χ1n) is 5.76. The van der Waals surface area contributed by atoms with Crippen LogP contribution < -0.4 is 11.3 Å². The van der Waals surface area contributed by atoms with Gasteiger partial charge in [0.15, 0.2) is 17.4 Å². The molecule has 11 nitrogen and oxygen atoms in total. The number of nitrogen functional groups attached to an aromatic ring is 1. The Balaban J connectivity index is 2.09. The van der Waals surface area contributed by atoms with Crippen molar-refractivity contribution >= 4 is 17.1 Å². The van der Waals surface area contributed by atoms with Gasteiger partial charge in [0.1, 0.15) is 18.3 Å². The fourth-order valence-corrected chi connectivity index (χ4v) is 2.11. The number of anilines is 1. The third kappa shape index (κ3) is 1.76. The Bertz CT molecular complexity index is 698. The van der Waals surface area contributed by atoms with E-state index >= 15 is 0 Å². The van der Waals surface area contributed by atoms with E-state index in [1.54, 1.807) is 0 Å². The van der Waals surface area contributed by atoms with E-state index in [0.29, 0.717) is 0 Å². The molecule has 0 bridgehead atoms. The van der Waals surface area contributed by atoms with Gasteiger partial charge in [-0.3, -0.25) is 9.78 Å². The topological polar surface area (TPSA) is 172 Å². The lowest BCUT2D eigenvalue weighted by Gasteiger charge is -2.14. The number of ether oxygens (including phenoxy) is 1. The van der Waals surface area contributed by atoms with E-state index in [1.807, 2.05) is 0 Å². The molecule has 3 rings (SSSR count). The number of aliphatic hydroxyl groups excluding tert-OH is 3. The molecule has 2 aromatic heterocycles. The van der Waals surface area contributed by atoms with Gasteiger partial charge < -0.3 is 25.8 Å². The van der Waals surface area contributed by atoms with E-state index in [1.165, 1.54) is 0 Å². The van der Waals surface area contributed by atoms with E-state index in [0.717, 1.165) is 4.68 Å². The summed E-state index contributed by atoms with van der Waals surface area (Å²) in [6.07, 6.45) is -4.72. The van der Waals surface area contributed by atoms with Gasteiger partial charge in [-0.2, -0.15) is 9.67 Å². The molecule has 20 heavy (non-hydrogen) atoms. The molecular weight excluding hydrogens is 272 g/mol. The van der Waals surface area contributed by atoms with E-state index in [2.05, 4.69) is 20.3 Å². The third-order valence-electron chi connectivity index (χ3n) is 3.11. The molecule has 11 heteroatoms. The molecule has 1 aliphatic rings. The van der Waals surface area contributed by atoms with Crippen LogP contribution in [0.25, 0.3) is 11.2 Å². The third-order valence-corrected chi connectivity index (χ3v) is 3.11. The second-order valence-corrected chi connectivity index (χ2v) is 4.39. The van der Waals surface area contributed by atoms with Crippen molar-refractivity contribution in [3.63, 3.8) is 0 Å². The lowest BCUT2D eigenvalue weighted by Crippen LogP contribution is -2.33. The number of hydrogen-bond acceptors (Lipinski definition) is 9. The Morgan fingerprint density at radius 3 is 2.80 bits per heavy atom. The molecule has 1 aliphatic heterocycles. The van der Waals surface area contributed by atoms with Crippen molar-refractivity contribution in [3.05, 3.63) is 10.4 Å². The molecule has 2 aromatic rings. The second-order valence-electron chi connectivity index (χ2n) is 4.39. The summed E-state index contributed by atoms with van der Waals surface area (Å²) in [4.78, 5) is 17.7. The molecule has 1 fully saturated rings. The standard InChI is InChI=1S/C9H12N6O5/c10-9-11-6-3(7(19)12-9)13-14-15(6)8-5(18)4(17)2(1-16)20-8/h2,4-5,8,16-18H,1H2,(H3,10,11,12,19)/t2-,4?,5?,8-/m0/s1. The normalized spacial score (nSPS) is 30.1. The van der Waals surface area contributed by atoms with Crippen molar-refractivity contribution in [2.24, 2.45) is 0 Å². The SMILES string of the molecule is Nc1nc2c(nnn2[C@H]2O[C@@H](CO)C(O)C2O)c(=O)[nH]1. The molecular formula is C9H12N6O5. The zero-order chi connectivity index (χ0) is 14.4. The number of hydrogen-bond donors (Lipinski definition) is 5. The monoisotopic (exact) mass is 284 g/mol. The Morgan fingerprint density at radius 1 is 1.40 bits per heavy atom. The van der Waals surface area contributed by atoms with Crippen LogP contribution in [0.15, 0.2) is 4.79 Å². The molecule has 0 radical (unpaired) electrons. The molecule has 0 spiro atoms. The summed E-state index contributed by atoms with van der Waals surface area (Å²) in [6, 6.07) is 0. The molecule has 0 amide bonds. The summed E-state index contributed by atoms with van der Waals surface area (Å²) >= 11 is 0. The van der Waals surface area contributed by atoms with Gasteiger partial charge in [0.05, 0.1) is 6.61 Å². The van der Waals surface area contributed by atoms with Crippen LogP contribution in [0.4, 0.5) is 5.95 Å². The number of H-pyrrole nitrogens is 1. The zero-order valence-corrected chi connectivity index (χ0v) is 10.0.